The molecule has 0 saturated heterocycles. The van der Waals surface area contributed by atoms with Crippen LogP contribution in [0.3, 0.4) is 0 Å². The van der Waals surface area contributed by atoms with E-state index in [2.05, 4.69) is 12.1 Å². The summed E-state index contributed by atoms with van der Waals surface area (Å²) in [6.07, 6.45) is 2.05. The topological polar surface area (TPSA) is 55.5 Å². The van der Waals surface area contributed by atoms with Crippen molar-refractivity contribution in [3.8, 4) is 11.5 Å². The Labute approximate surface area is 112 Å². The van der Waals surface area contributed by atoms with Crippen molar-refractivity contribution in [2.45, 2.75) is 25.5 Å². The molecule has 1 aliphatic carbocycles. The van der Waals surface area contributed by atoms with E-state index in [1.165, 1.54) is 11.1 Å². The van der Waals surface area contributed by atoms with Crippen molar-refractivity contribution in [3.63, 3.8) is 0 Å². The molecule has 0 spiro atoms. The van der Waals surface area contributed by atoms with E-state index >= 15 is 0 Å². The molecule has 0 aliphatic heterocycles. The molecule has 1 atom stereocenters. The second-order valence-corrected chi connectivity index (χ2v) is 4.96. The lowest BCUT2D eigenvalue weighted by atomic mass is 10.1. The first-order chi connectivity index (χ1) is 9.22. The van der Waals surface area contributed by atoms with Gasteiger partial charge in [-0.3, -0.25) is 0 Å². The number of rotatable bonds is 3. The van der Waals surface area contributed by atoms with Crippen LogP contribution in [-0.4, -0.2) is 5.11 Å². The number of aromatic hydroxyl groups is 1. The Bertz CT molecular complexity index is 595. The van der Waals surface area contributed by atoms with Crippen LogP contribution in [0.4, 0.5) is 0 Å². The summed E-state index contributed by atoms with van der Waals surface area (Å²) in [6.45, 7) is 0.458. The van der Waals surface area contributed by atoms with Gasteiger partial charge in [0.15, 0.2) is 0 Å². The van der Waals surface area contributed by atoms with Gasteiger partial charge in [-0.25, -0.2) is 0 Å². The first-order valence-electron chi connectivity index (χ1n) is 6.51. The second kappa shape index (κ2) is 4.94. The predicted molar refractivity (Wildman–Crippen MR) is 74.1 cm³/mol. The molecule has 0 fully saturated rings. The Morgan fingerprint density at radius 3 is 2.95 bits per heavy atom. The largest absolute Gasteiger partial charge is 0.508 e. The second-order valence-electron chi connectivity index (χ2n) is 4.96. The van der Waals surface area contributed by atoms with Gasteiger partial charge in [-0.2, -0.15) is 0 Å². The van der Waals surface area contributed by atoms with Crippen LogP contribution in [0.15, 0.2) is 42.5 Å². The monoisotopic (exact) mass is 255 g/mol. The highest BCUT2D eigenvalue weighted by atomic mass is 16.5. The molecule has 3 heteroatoms. The molecular weight excluding hydrogens is 238 g/mol. The van der Waals surface area contributed by atoms with E-state index in [1.807, 2.05) is 18.2 Å². The van der Waals surface area contributed by atoms with Crippen LogP contribution in [0.2, 0.25) is 0 Å². The third-order valence-corrected chi connectivity index (χ3v) is 3.55. The third-order valence-electron chi connectivity index (χ3n) is 3.55. The summed E-state index contributed by atoms with van der Waals surface area (Å²) in [5.74, 6) is 1.12. The summed E-state index contributed by atoms with van der Waals surface area (Å²) in [6, 6.07) is 13.4. The number of benzene rings is 2. The molecule has 0 saturated carbocycles. The fourth-order valence-electron chi connectivity index (χ4n) is 2.53. The quantitative estimate of drug-likeness (QED) is 0.886. The zero-order chi connectivity index (χ0) is 13.2. The van der Waals surface area contributed by atoms with Gasteiger partial charge in [-0.15, -0.1) is 0 Å². The number of hydrogen-bond donors (Lipinski definition) is 2. The normalized spacial score (nSPS) is 17.2. The van der Waals surface area contributed by atoms with Gasteiger partial charge in [0.1, 0.15) is 18.1 Å². The van der Waals surface area contributed by atoms with Gasteiger partial charge >= 0.3 is 0 Å². The maximum atomic E-state index is 9.40. The lowest BCUT2D eigenvalue weighted by molar-refractivity contribution is 0.305. The summed E-state index contributed by atoms with van der Waals surface area (Å²) < 4.78 is 5.76. The maximum absolute atomic E-state index is 9.40. The molecule has 0 amide bonds. The summed E-state index contributed by atoms with van der Waals surface area (Å²) in [5, 5.41) is 9.40. The van der Waals surface area contributed by atoms with E-state index in [1.54, 1.807) is 12.1 Å². The smallest absolute Gasteiger partial charge is 0.120 e. The van der Waals surface area contributed by atoms with Gasteiger partial charge in [0.2, 0.25) is 0 Å². The van der Waals surface area contributed by atoms with Crippen LogP contribution in [0, 0.1) is 0 Å². The SMILES string of the molecule is N[C@H]1CCc2cc(OCc3cccc(O)c3)ccc21. The Morgan fingerprint density at radius 1 is 1.21 bits per heavy atom. The van der Waals surface area contributed by atoms with Crippen LogP contribution in [-0.2, 0) is 13.0 Å². The van der Waals surface area contributed by atoms with Crippen molar-refractivity contribution >= 4 is 0 Å². The molecule has 0 unspecified atom stereocenters. The van der Waals surface area contributed by atoms with Gasteiger partial charge in [-0.05, 0) is 53.8 Å². The molecule has 98 valence electrons. The minimum Gasteiger partial charge on any atom is -0.508 e. The summed E-state index contributed by atoms with van der Waals surface area (Å²) in [4.78, 5) is 0. The first kappa shape index (κ1) is 12.1. The van der Waals surface area contributed by atoms with Crippen molar-refractivity contribution < 1.29 is 9.84 Å². The highest BCUT2D eigenvalue weighted by Gasteiger charge is 2.18. The molecule has 3 nitrogen and oxygen atoms in total. The van der Waals surface area contributed by atoms with Crippen LogP contribution in [0.5, 0.6) is 11.5 Å². The molecule has 19 heavy (non-hydrogen) atoms. The number of aryl methyl sites for hydroxylation is 1. The molecule has 3 rings (SSSR count). The van der Waals surface area contributed by atoms with Crippen LogP contribution < -0.4 is 10.5 Å². The Hall–Kier alpha value is -2.00. The molecule has 1 aliphatic rings. The van der Waals surface area contributed by atoms with E-state index < -0.39 is 0 Å². The number of hydrogen-bond acceptors (Lipinski definition) is 3. The highest BCUT2D eigenvalue weighted by Crippen LogP contribution is 2.32. The van der Waals surface area contributed by atoms with Gasteiger partial charge in [0.05, 0.1) is 0 Å². The van der Waals surface area contributed by atoms with Gasteiger partial charge in [-0.1, -0.05) is 18.2 Å². The number of ether oxygens (including phenoxy) is 1. The van der Waals surface area contributed by atoms with Crippen molar-refractivity contribution in [1.82, 2.24) is 0 Å². The minimum absolute atomic E-state index is 0.176. The Kier molecular flexibility index (Phi) is 3.13. The summed E-state index contributed by atoms with van der Waals surface area (Å²) >= 11 is 0. The average Bonchev–Trinajstić information content (AvgIpc) is 2.78. The van der Waals surface area contributed by atoms with E-state index in [0.717, 1.165) is 24.2 Å². The molecule has 3 N–H and O–H groups in total. The number of fused-ring (bicyclic) bond motifs is 1. The lowest BCUT2D eigenvalue weighted by Gasteiger charge is -2.09. The van der Waals surface area contributed by atoms with E-state index in [4.69, 9.17) is 10.5 Å². The maximum Gasteiger partial charge on any atom is 0.120 e. The molecule has 0 bridgehead atoms. The number of phenols is 1. The van der Waals surface area contributed by atoms with Gasteiger partial charge < -0.3 is 15.6 Å². The van der Waals surface area contributed by atoms with Crippen molar-refractivity contribution in [2.75, 3.05) is 0 Å². The molecule has 2 aromatic rings. The van der Waals surface area contributed by atoms with E-state index in [9.17, 15) is 5.11 Å². The fourth-order valence-corrected chi connectivity index (χ4v) is 2.53. The Morgan fingerprint density at radius 2 is 2.11 bits per heavy atom. The molecule has 2 aromatic carbocycles. The standard InChI is InChI=1S/C16H17NO2/c17-16-7-4-12-9-14(5-6-15(12)16)19-10-11-2-1-3-13(18)8-11/h1-3,5-6,8-9,16,18H,4,7,10,17H2/t16-/m0/s1. The zero-order valence-electron chi connectivity index (χ0n) is 10.7. The first-order valence-corrected chi connectivity index (χ1v) is 6.51. The van der Waals surface area contributed by atoms with Gasteiger partial charge in [0.25, 0.3) is 0 Å². The van der Waals surface area contributed by atoms with Gasteiger partial charge in [0, 0.05) is 6.04 Å². The van der Waals surface area contributed by atoms with Crippen molar-refractivity contribution in [1.29, 1.82) is 0 Å². The van der Waals surface area contributed by atoms with Crippen LogP contribution in [0.1, 0.15) is 29.2 Å². The number of phenolic OH excluding ortho intramolecular Hbond substituents is 1. The minimum atomic E-state index is 0.176. The summed E-state index contributed by atoms with van der Waals surface area (Å²) in [5.41, 5.74) is 9.50. The zero-order valence-corrected chi connectivity index (χ0v) is 10.7. The third kappa shape index (κ3) is 2.56. The fraction of sp³-hybridized carbons (Fsp3) is 0.250. The van der Waals surface area contributed by atoms with E-state index in [0.29, 0.717) is 6.61 Å². The molecule has 0 radical (unpaired) electrons. The predicted octanol–water partition coefficient (Wildman–Crippen LogP) is 2.92. The molecule has 0 aromatic heterocycles. The molecular formula is C16H17NO2. The van der Waals surface area contributed by atoms with E-state index in [-0.39, 0.29) is 11.8 Å². The highest BCUT2D eigenvalue weighted by molar-refractivity contribution is 5.40. The Balaban J connectivity index is 1.71. The van der Waals surface area contributed by atoms with Crippen LogP contribution in [0.25, 0.3) is 0 Å². The average molecular weight is 255 g/mol. The lowest BCUT2D eigenvalue weighted by Crippen LogP contribution is -2.05. The van der Waals surface area contributed by atoms with Crippen molar-refractivity contribution in [2.24, 2.45) is 5.73 Å². The number of nitrogens with two attached hydrogens (primary N) is 1. The molecule has 0 heterocycles. The van der Waals surface area contributed by atoms with Crippen molar-refractivity contribution in [3.05, 3.63) is 59.2 Å². The van der Waals surface area contributed by atoms with Crippen LogP contribution >= 0.6 is 0 Å². The summed E-state index contributed by atoms with van der Waals surface area (Å²) in [7, 11) is 0.